The number of fused-ring (bicyclic) bond motifs is 1. The zero-order chi connectivity index (χ0) is 13.2. The van der Waals surface area contributed by atoms with Crippen molar-refractivity contribution in [3.05, 3.63) is 47.8 Å². The molecule has 0 aliphatic carbocycles. The van der Waals surface area contributed by atoms with Gasteiger partial charge in [-0.3, -0.25) is 0 Å². The van der Waals surface area contributed by atoms with Crippen LogP contribution in [0, 0.1) is 11.7 Å². The molecule has 2 aromatic rings. The highest BCUT2D eigenvalue weighted by molar-refractivity contribution is 5.86. The van der Waals surface area contributed by atoms with Crippen molar-refractivity contribution in [1.82, 2.24) is 0 Å². The molecule has 0 spiro atoms. The third-order valence-electron chi connectivity index (χ3n) is 4.04. The number of benzene rings is 2. The molecule has 100 valence electrons. The van der Waals surface area contributed by atoms with E-state index in [2.05, 4.69) is 0 Å². The lowest BCUT2D eigenvalue weighted by Crippen LogP contribution is -2.27. The molecule has 1 atom stereocenters. The van der Waals surface area contributed by atoms with Gasteiger partial charge in [0.05, 0.1) is 0 Å². The van der Waals surface area contributed by atoms with E-state index in [9.17, 15) is 4.39 Å². The van der Waals surface area contributed by atoms with Crippen LogP contribution < -0.4 is 5.73 Å². The van der Waals surface area contributed by atoms with E-state index >= 15 is 0 Å². The molecular weight excluding hydrogens is 241 g/mol. The monoisotopic (exact) mass is 259 g/mol. The number of ether oxygens (including phenoxy) is 1. The Morgan fingerprint density at radius 2 is 1.74 bits per heavy atom. The summed E-state index contributed by atoms with van der Waals surface area (Å²) in [6.45, 7) is 1.55. The topological polar surface area (TPSA) is 35.2 Å². The zero-order valence-corrected chi connectivity index (χ0v) is 10.8. The summed E-state index contributed by atoms with van der Waals surface area (Å²) in [5, 5.41) is 1.59. The molecule has 19 heavy (non-hydrogen) atoms. The highest BCUT2D eigenvalue weighted by atomic mass is 19.1. The van der Waals surface area contributed by atoms with Crippen molar-refractivity contribution in [3.63, 3.8) is 0 Å². The van der Waals surface area contributed by atoms with Crippen LogP contribution in [-0.2, 0) is 4.74 Å². The number of hydrogen-bond acceptors (Lipinski definition) is 2. The van der Waals surface area contributed by atoms with E-state index in [0.717, 1.165) is 37.0 Å². The fourth-order valence-electron chi connectivity index (χ4n) is 2.91. The summed E-state index contributed by atoms with van der Waals surface area (Å²) in [7, 11) is 0. The van der Waals surface area contributed by atoms with E-state index in [1.807, 2.05) is 30.3 Å². The minimum Gasteiger partial charge on any atom is -0.381 e. The third-order valence-corrected chi connectivity index (χ3v) is 4.04. The molecule has 1 unspecified atom stereocenters. The molecule has 0 aromatic heterocycles. The Morgan fingerprint density at radius 1 is 1.05 bits per heavy atom. The van der Waals surface area contributed by atoms with Gasteiger partial charge >= 0.3 is 0 Å². The number of rotatable bonds is 2. The third kappa shape index (κ3) is 2.36. The average molecular weight is 259 g/mol. The van der Waals surface area contributed by atoms with Gasteiger partial charge in [-0.15, -0.1) is 0 Å². The summed E-state index contributed by atoms with van der Waals surface area (Å²) in [6, 6.07) is 10.9. The lowest BCUT2D eigenvalue weighted by molar-refractivity contribution is 0.0585. The Morgan fingerprint density at radius 3 is 2.47 bits per heavy atom. The van der Waals surface area contributed by atoms with E-state index in [0.29, 0.717) is 11.3 Å². The average Bonchev–Trinajstić information content (AvgIpc) is 2.48. The number of halogens is 1. The molecule has 0 amide bonds. The van der Waals surface area contributed by atoms with Crippen LogP contribution in [0.25, 0.3) is 10.8 Å². The molecule has 0 bridgehead atoms. The van der Waals surface area contributed by atoms with E-state index in [4.69, 9.17) is 10.5 Å². The lowest BCUT2D eigenvalue weighted by Gasteiger charge is -2.28. The number of nitrogens with two attached hydrogens (primary N) is 1. The summed E-state index contributed by atoms with van der Waals surface area (Å²) >= 11 is 0. The zero-order valence-electron chi connectivity index (χ0n) is 10.8. The van der Waals surface area contributed by atoms with Gasteiger partial charge in [0.2, 0.25) is 0 Å². The quantitative estimate of drug-likeness (QED) is 0.897. The smallest absolute Gasteiger partial charge is 0.131 e. The normalized spacial score (nSPS) is 18.6. The van der Waals surface area contributed by atoms with Gasteiger partial charge in [-0.25, -0.2) is 4.39 Å². The highest BCUT2D eigenvalue weighted by Crippen LogP contribution is 2.33. The predicted octanol–water partition coefficient (Wildman–Crippen LogP) is 3.41. The van der Waals surface area contributed by atoms with Crippen LogP contribution in [0.5, 0.6) is 0 Å². The molecule has 1 aliphatic heterocycles. The Kier molecular flexibility index (Phi) is 3.49. The fourth-order valence-corrected chi connectivity index (χ4v) is 2.91. The predicted molar refractivity (Wildman–Crippen MR) is 74.4 cm³/mol. The van der Waals surface area contributed by atoms with E-state index in [1.54, 1.807) is 0 Å². The van der Waals surface area contributed by atoms with Crippen molar-refractivity contribution < 1.29 is 9.13 Å². The minimum absolute atomic E-state index is 0.0469. The summed E-state index contributed by atoms with van der Waals surface area (Å²) in [5.74, 6) is 0.237. The van der Waals surface area contributed by atoms with Crippen LogP contribution in [0.2, 0.25) is 0 Å². The summed E-state index contributed by atoms with van der Waals surface area (Å²) in [5.41, 5.74) is 7.45. The molecule has 3 heteroatoms. The second-order valence-corrected chi connectivity index (χ2v) is 5.16. The molecule has 3 rings (SSSR count). The molecule has 2 N–H and O–H groups in total. The summed E-state index contributed by atoms with van der Waals surface area (Å²) in [6.07, 6.45) is 1.96. The first-order chi connectivity index (χ1) is 9.27. The first-order valence-electron chi connectivity index (χ1n) is 6.78. The van der Waals surface area contributed by atoms with Crippen LogP contribution in [-0.4, -0.2) is 13.2 Å². The second kappa shape index (κ2) is 5.27. The van der Waals surface area contributed by atoms with E-state index in [1.165, 1.54) is 6.07 Å². The largest absolute Gasteiger partial charge is 0.381 e. The van der Waals surface area contributed by atoms with Crippen molar-refractivity contribution in [2.24, 2.45) is 11.7 Å². The van der Waals surface area contributed by atoms with Gasteiger partial charge in [0.25, 0.3) is 0 Å². The molecule has 2 nitrogen and oxygen atoms in total. The van der Waals surface area contributed by atoms with Gasteiger partial charge < -0.3 is 10.5 Å². The lowest BCUT2D eigenvalue weighted by atomic mass is 9.85. The molecule has 2 aromatic carbocycles. The van der Waals surface area contributed by atoms with Gasteiger partial charge in [0, 0.05) is 24.6 Å². The van der Waals surface area contributed by atoms with Gasteiger partial charge in [-0.2, -0.15) is 0 Å². The fraction of sp³-hybridized carbons (Fsp3) is 0.375. The minimum atomic E-state index is -0.182. The first-order valence-corrected chi connectivity index (χ1v) is 6.78. The van der Waals surface area contributed by atoms with Crippen molar-refractivity contribution in [3.8, 4) is 0 Å². The van der Waals surface area contributed by atoms with Crippen molar-refractivity contribution in [1.29, 1.82) is 0 Å². The Bertz CT molecular complexity index is 578. The first kappa shape index (κ1) is 12.6. The van der Waals surface area contributed by atoms with Crippen LogP contribution in [0.1, 0.15) is 24.4 Å². The molecule has 1 aliphatic rings. The Labute approximate surface area is 112 Å². The van der Waals surface area contributed by atoms with Crippen LogP contribution >= 0.6 is 0 Å². The van der Waals surface area contributed by atoms with Gasteiger partial charge in [-0.1, -0.05) is 30.3 Å². The molecular formula is C16H18FNO. The standard InChI is InChI=1S/C16H18FNO/c17-15-6-5-14(12-3-1-2-4-13(12)15)16(18)11-7-9-19-10-8-11/h1-6,11,16H,7-10,18H2. The number of hydrogen-bond donors (Lipinski definition) is 1. The Balaban J connectivity index is 2.02. The van der Waals surface area contributed by atoms with Gasteiger partial charge in [0.1, 0.15) is 5.82 Å². The van der Waals surface area contributed by atoms with Crippen LogP contribution in [0.3, 0.4) is 0 Å². The maximum Gasteiger partial charge on any atom is 0.131 e. The van der Waals surface area contributed by atoms with Crippen LogP contribution in [0.4, 0.5) is 4.39 Å². The maximum atomic E-state index is 13.8. The van der Waals surface area contributed by atoms with Gasteiger partial charge in [-0.05, 0) is 35.8 Å². The van der Waals surface area contributed by atoms with Crippen LogP contribution in [0.15, 0.2) is 36.4 Å². The van der Waals surface area contributed by atoms with Crippen molar-refractivity contribution in [2.75, 3.05) is 13.2 Å². The molecule has 0 saturated carbocycles. The summed E-state index contributed by atoms with van der Waals surface area (Å²) in [4.78, 5) is 0. The highest BCUT2D eigenvalue weighted by Gasteiger charge is 2.23. The maximum absolute atomic E-state index is 13.8. The molecule has 1 saturated heterocycles. The van der Waals surface area contributed by atoms with Gasteiger partial charge in [0.15, 0.2) is 0 Å². The van der Waals surface area contributed by atoms with Crippen molar-refractivity contribution in [2.45, 2.75) is 18.9 Å². The SMILES string of the molecule is NC(c1ccc(F)c2ccccc12)C1CCOCC1. The van der Waals surface area contributed by atoms with E-state index in [-0.39, 0.29) is 11.9 Å². The Hall–Kier alpha value is -1.45. The molecule has 0 radical (unpaired) electrons. The second-order valence-electron chi connectivity index (χ2n) is 5.16. The summed E-state index contributed by atoms with van der Waals surface area (Å²) < 4.78 is 19.2. The van der Waals surface area contributed by atoms with E-state index < -0.39 is 0 Å². The molecule has 1 heterocycles. The molecule has 1 fully saturated rings. The van der Waals surface area contributed by atoms with Crippen molar-refractivity contribution >= 4 is 10.8 Å².